The van der Waals surface area contributed by atoms with Gasteiger partial charge in [0.2, 0.25) is 0 Å². The van der Waals surface area contributed by atoms with Crippen LogP contribution in [0.25, 0.3) is 0 Å². The molecular weight excluding hydrogens is 232 g/mol. The fourth-order valence-electron chi connectivity index (χ4n) is 2.15. The maximum atomic E-state index is 13.5. The van der Waals surface area contributed by atoms with E-state index in [1.165, 1.54) is 12.1 Å². The lowest BCUT2D eigenvalue weighted by Gasteiger charge is -2.23. The van der Waals surface area contributed by atoms with Crippen molar-refractivity contribution in [2.45, 2.75) is 19.3 Å². The van der Waals surface area contributed by atoms with Gasteiger partial charge in [-0.2, -0.15) is 0 Å². The Balaban J connectivity index is 2.14. The highest BCUT2D eigenvalue weighted by atomic mass is 35.5. The minimum Gasteiger partial charge on any atom is -0.316 e. The third kappa shape index (κ3) is 2.71. The van der Waals surface area contributed by atoms with Gasteiger partial charge in [0.15, 0.2) is 0 Å². The van der Waals surface area contributed by atoms with Crippen LogP contribution in [-0.4, -0.2) is 13.1 Å². The highest BCUT2D eigenvalue weighted by molar-refractivity contribution is 6.30. The second kappa shape index (κ2) is 5.11. The van der Waals surface area contributed by atoms with Crippen molar-refractivity contribution in [1.29, 1.82) is 0 Å². The van der Waals surface area contributed by atoms with Crippen molar-refractivity contribution in [1.82, 2.24) is 5.32 Å². The Morgan fingerprint density at radius 2 is 2.00 bits per heavy atom. The zero-order valence-corrected chi connectivity index (χ0v) is 9.66. The fourth-order valence-corrected chi connectivity index (χ4v) is 2.35. The number of hydrogen-bond donors (Lipinski definition) is 1. The predicted octanol–water partition coefficient (Wildman–Crippen LogP) is 3.16. The molecule has 1 atom stereocenters. The first-order valence-electron chi connectivity index (χ1n) is 5.51. The first-order chi connectivity index (χ1) is 7.66. The molecule has 1 aliphatic rings. The van der Waals surface area contributed by atoms with Gasteiger partial charge in [-0.1, -0.05) is 11.6 Å². The molecule has 1 aromatic rings. The molecule has 1 nitrogen and oxygen atoms in total. The minimum atomic E-state index is -0.532. The summed E-state index contributed by atoms with van der Waals surface area (Å²) in [7, 11) is 0. The van der Waals surface area contributed by atoms with Gasteiger partial charge >= 0.3 is 0 Å². The van der Waals surface area contributed by atoms with Crippen molar-refractivity contribution < 1.29 is 8.78 Å². The van der Waals surface area contributed by atoms with E-state index in [2.05, 4.69) is 5.32 Å². The summed E-state index contributed by atoms with van der Waals surface area (Å²) in [5.41, 5.74) is 0.165. The standard InChI is InChI=1S/C12H14ClF2N/c13-9-5-11(14)10(12(15)6-9)4-8-2-1-3-16-7-8/h5-6,8,16H,1-4,7H2. The van der Waals surface area contributed by atoms with Crippen LogP contribution in [-0.2, 0) is 6.42 Å². The first kappa shape index (κ1) is 11.8. The minimum absolute atomic E-state index is 0.112. The van der Waals surface area contributed by atoms with Crippen LogP contribution in [0.1, 0.15) is 18.4 Å². The molecule has 1 fully saturated rings. The molecular formula is C12H14ClF2N. The Morgan fingerprint density at radius 1 is 1.31 bits per heavy atom. The van der Waals surface area contributed by atoms with Crippen molar-refractivity contribution >= 4 is 11.6 Å². The molecule has 1 N–H and O–H groups in total. The summed E-state index contributed by atoms with van der Waals surface area (Å²) in [6.07, 6.45) is 2.54. The second-order valence-corrected chi connectivity index (χ2v) is 4.70. The van der Waals surface area contributed by atoms with Crippen LogP contribution in [0, 0.1) is 17.6 Å². The molecule has 0 aliphatic carbocycles. The number of halogens is 3. The molecule has 0 aromatic heterocycles. The van der Waals surface area contributed by atoms with Gasteiger partial charge in [-0.15, -0.1) is 0 Å². The van der Waals surface area contributed by atoms with E-state index in [0.717, 1.165) is 25.9 Å². The monoisotopic (exact) mass is 245 g/mol. The van der Waals surface area contributed by atoms with Crippen LogP contribution in [0.15, 0.2) is 12.1 Å². The van der Waals surface area contributed by atoms with Crippen molar-refractivity contribution in [2.24, 2.45) is 5.92 Å². The normalized spacial score (nSPS) is 21.1. The maximum absolute atomic E-state index is 13.5. The summed E-state index contributed by atoms with van der Waals surface area (Å²) < 4.78 is 27.0. The van der Waals surface area contributed by atoms with E-state index in [9.17, 15) is 8.78 Å². The predicted molar refractivity (Wildman–Crippen MR) is 60.7 cm³/mol. The number of benzene rings is 1. The van der Waals surface area contributed by atoms with Crippen LogP contribution in [0.2, 0.25) is 5.02 Å². The molecule has 16 heavy (non-hydrogen) atoms. The number of rotatable bonds is 2. The van der Waals surface area contributed by atoms with Crippen molar-refractivity contribution in [3.05, 3.63) is 34.4 Å². The highest BCUT2D eigenvalue weighted by Gasteiger charge is 2.18. The van der Waals surface area contributed by atoms with Crippen LogP contribution in [0.3, 0.4) is 0 Å². The average molecular weight is 246 g/mol. The molecule has 1 unspecified atom stereocenters. The van der Waals surface area contributed by atoms with Gasteiger partial charge in [0.1, 0.15) is 11.6 Å². The van der Waals surface area contributed by atoms with Crippen molar-refractivity contribution in [3.8, 4) is 0 Å². The second-order valence-electron chi connectivity index (χ2n) is 4.26. The van der Waals surface area contributed by atoms with Crippen LogP contribution >= 0.6 is 11.6 Å². The lowest BCUT2D eigenvalue weighted by Crippen LogP contribution is -2.31. The largest absolute Gasteiger partial charge is 0.316 e. The molecule has 1 heterocycles. The lowest BCUT2D eigenvalue weighted by molar-refractivity contribution is 0.367. The number of piperidine rings is 1. The van der Waals surface area contributed by atoms with Crippen LogP contribution in [0.4, 0.5) is 8.78 Å². The molecule has 4 heteroatoms. The van der Waals surface area contributed by atoms with E-state index in [4.69, 9.17) is 11.6 Å². The highest BCUT2D eigenvalue weighted by Crippen LogP contribution is 2.23. The van der Waals surface area contributed by atoms with Gasteiger partial charge < -0.3 is 5.32 Å². The van der Waals surface area contributed by atoms with Crippen molar-refractivity contribution in [2.75, 3.05) is 13.1 Å². The van der Waals surface area contributed by atoms with Gasteiger partial charge in [-0.25, -0.2) is 8.78 Å². The third-order valence-electron chi connectivity index (χ3n) is 3.00. The topological polar surface area (TPSA) is 12.0 Å². The Labute approximate surface area is 98.8 Å². The van der Waals surface area contributed by atoms with Gasteiger partial charge in [0.25, 0.3) is 0 Å². The average Bonchev–Trinajstić information content (AvgIpc) is 2.25. The Morgan fingerprint density at radius 3 is 2.56 bits per heavy atom. The molecule has 0 saturated carbocycles. The Kier molecular flexibility index (Phi) is 3.77. The van der Waals surface area contributed by atoms with Crippen LogP contribution in [0.5, 0.6) is 0 Å². The molecule has 1 aromatic carbocycles. The van der Waals surface area contributed by atoms with Gasteiger partial charge in [0.05, 0.1) is 0 Å². The molecule has 0 radical (unpaired) electrons. The SMILES string of the molecule is Fc1cc(Cl)cc(F)c1CC1CCCNC1. The van der Waals surface area contributed by atoms with Gasteiger partial charge in [-0.3, -0.25) is 0 Å². The number of hydrogen-bond acceptors (Lipinski definition) is 1. The lowest BCUT2D eigenvalue weighted by atomic mass is 9.92. The van der Waals surface area contributed by atoms with Crippen molar-refractivity contribution in [3.63, 3.8) is 0 Å². The van der Waals surface area contributed by atoms with Crippen LogP contribution < -0.4 is 5.32 Å². The van der Waals surface area contributed by atoms with E-state index in [1.807, 2.05) is 0 Å². The third-order valence-corrected chi connectivity index (χ3v) is 3.22. The summed E-state index contributed by atoms with van der Waals surface area (Å²) in [5, 5.41) is 3.35. The smallest absolute Gasteiger partial charge is 0.130 e. The van der Waals surface area contributed by atoms with E-state index in [1.54, 1.807) is 0 Å². The zero-order chi connectivity index (χ0) is 11.5. The summed E-state index contributed by atoms with van der Waals surface area (Å²) in [4.78, 5) is 0. The quantitative estimate of drug-likeness (QED) is 0.844. The Bertz CT molecular complexity index is 352. The van der Waals surface area contributed by atoms with E-state index in [0.29, 0.717) is 12.3 Å². The van der Waals surface area contributed by atoms with E-state index >= 15 is 0 Å². The molecule has 0 bridgehead atoms. The van der Waals surface area contributed by atoms with E-state index < -0.39 is 11.6 Å². The van der Waals surface area contributed by atoms with E-state index in [-0.39, 0.29) is 10.6 Å². The summed E-state index contributed by atoms with van der Waals surface area (Å²) in [6.45, 7) is 1.84. The van der Waals surface area contributed by atoms with Gasteiger partial charge in [0, 0.05) is 10.6 Å². The fraction of sp³-hybridized carbons (Fsp3) is 0.500. The molecule has 1 saturated heterocycles. The number of nitrogens with one attached hydrogen (secondary N) is 1. The zero-order valence-electron chi connectivity index (χ0n) is 8.90. The first-order valence-corrected chi connectivity index (χ1v) is 5.89. The molecule has 88 valence electrons. The maximum Gasteiger partial charge on any atom is 0.130 e. The summed E-state index contributed by atoms with van der Waals surface area (Å²) in [6, 6.07) is 2.35. The Hall–Kier alpha value is -0.670. The summed E-state index contributed by atoms with van der Waals surface area (Å²) in [5.74, 6) is -0.745. The molecule has 0 amide bonds. The van der Waals surface area contributed by atoms with Gasteiger partial charge in [-0.05, 0) is 50.4 Å². The molecule has 0 spiro atoms. The summed E-state index contributed by atoms with van der Waals surface area (Å²) >= 11 is 5.57. The molecule has 1 aliphatic heterocycles. The molecule has 2 rings (SSSR count).